The van der Waals surface area contributed by atoms with E-state index in [1.165, 1.54) is 31.4 Å². The zero-order chi connectivity index (χ0) is 15.4. The number of ether oxygens (including phenoxy) is 1. The fraction of sp³-hybridized carbons (Fsp3) is 0.188. The molecular formula is C16H15F2NO2. The average Bonchev–Trinajstić information content (AvgIpc) is 2.48. The lowest BCUT2D eigenvalue weighted by molar-refractivity contribution is -0.141. The van der Waals surface area contributed by atoms with E-state index in [-0.39, 0.29) is 5.69 Å². The maximum absolute atomic E-state index is 13.7. The second kappa shape index (κ2) is 6.35. The summed E-state index contributed by atoms with van der Waals surface area (Å²) in [6, 6.07) is 9.07. The molecule has 2 aromatic rings. The van der Waals surface area contributed by atoms with Gasteiger partial charge in [0.25, 0.3) is 0 Å². The van der Waals surface area contributed by atoms with Crippen molar-refractivity contribution in [2.75, 3.05) is 12.4 Å². The van der Waals surface area contributed by atoms with E-state index in [9.17, 15) is 13.6 Å². The Morgan fingerprint density at radius 3 is 2.57 bits per heavy atom. The van der Waals surface area contributed by atoms with E-state index in [1.807, 2.05) is 0 Å². The van der Waals surface area contributed by atoms with Crippen molar-refractivity contribution in [2.45, 2.75) is 13.0 Å². The van der Waals surface area contributed by atoms with Crippen LogP contribution in [-0.4, -0.2) is 13.1 Å². The molecule has 2 aromatic carbocycles. The number of methoxy groups -OCH3 is 1. The summed E-state index contributed by atoms with van der Waals surface area (Å²) in [7, 11) is 1.23. The zero-order valence-corrected chi connectivity index (χ0v) is 11.7. The van der Waals surface area contributed by atoms with Crippen molar-refractivity contribution < 1.29 is 18.3 Å². The third-order valence-corrected chi connectivity index (χ3v) is 3.16. The fourth-order valence-corrected chi connectivity index (χ4v) is 2.04. The molecule has 0 aromatic heterocycles. The van der Waals surface area contributed by atoms with Gasteiger partial charge in [-0.15, -0.1) is 0 Å². The molecule has 2 rings (SSSR count). The molecular weight excluding hydrogens is 276 g/mol. The predicted molar refractivity (Wildman–Crippen MR) is 75.9 cm³/mol. The third-order valence-electron chi connectivity index (χ3n) is 3.16. The van der Waals surface area contributed by atoms with E-state index >= 15 is 0 Å². The van der Waals surface area contributed by atoms with E-state index in [4.69, 9.17) is 4.74 Å². The van der Waals surface area contributed by atoms with Crippen LogP contribution in [-0.2, 0) is 9.53 Å². The molecule has 1 N–H and O–H groups in total. The highest BCUT2D eigenvalue weighted by Gasteiger charge is 2.24. The minimum Gasteiger partial charge on any atom is -0.467 e. The Morgan fingerprint density at radius 1 is 1.19 bits per heavy atom. The lowest BCUT2D eigenvalue weighted by Gasteiger charge is -2.20. The number of esters is 1. The molecule has 0 bridgehead atoms. The highest BCUT2D eigenvalue weighted by Crippen LogP contribution is 2.26. The van der Waals surface area contributed by atoms with Gasteiger partial charge in [0, 0.05) is 0 Å². The molecule has 5 heteroatoms. The van der Waals surface area contributed by atoms with Crippen molar-refractivity contribution >= 4 is 11.7 Å². The number of benzene rings is 2. The van der Waals surface area contributed by atoms with Crippen LogP contribution in [0, 0.1) is 18.6 Å². The normalized spacial score (nSPS) is 11.8. The van der Waals surface area contributed by atoms with E-state index < -0.39 is 23.6 Å². The van der Waals surface area contributed by atoms with Crippen molar-refractivity contribution in [2.24, 2.45) is 0 Å². The summed E-state index contributed by atoms with van der Waals surface area (Å²) in [6.45, 7) is 1.74. The molecule has 0 aliphatic heterocycles. The molecule has 3 nitrogen and oxygen atoms in total. The number of carbonyl (C=O) groups is 1. The molecule has 0 saturated carbocycles. The van der Waals surface area contributed by atoms with Crippen molar-refractivity contribution in [1.29, 1.82) is 0 Å². The molecule has 0 aliphatic carbocycles. The van der Waals surface area contributed by atoms with E-state index in [0.717, 1.165) is 0 Å². The second-order valence-electron chi connectivity index (χ2n) is 4.58. The summed E-state index contributed by atoms with van der Waals surface area (Å²) in [5, 5.41) is 2.77. The topological polar surface area (TPSA) is 38.3 Å². The Balaban J connectivity index is 2.42. The first-order valence-electron chi connectivity index (χ1n) is 6.38. The summed E-state index contributed by atoms with van der Waals surface area (Å²) >= 11 is 0. The number of aryl methyl sites for hydroxylation is 1. The van der Waals surface area contributed by atoms with Crippen LogP contribution in [0.25, 0.3) is 0 Å². The number of para-hydroxylation sites is 1. The third kappa shape index (κ3) is 3.37. The highest BCUT2D eigenvalue weighted by molar-refractivity contribution is 5.81. The maximum atomic E-state index is 13.7. The maximum Gasteiger partial charge on any atom is 0.333 e. The largest absolute Gasteiger partial charge is 0.467 e. The van der Waals surface area contributed by atoms with Crippen molar-refractivity contribution in [3.8, 4) is 0 Å². The van der Waals surface area contributed by atoms with Gasteiger partial charge in [0.05, 0.1) is 12.8 Å². The number of hydrogen-bond acceptors (Lipinski definition) is 3. The Kier molecular flexibility index (Phi) is 4.52. The molecule has 1 atom stereocenters. The molecule has 1 unspecified atom stereocenters. The number of nitrogens with one attached hydrogen (secondary N) is 1. The standard InChI is InChI=1S/C16H15F2NO2/c1-10-7-8-11(17)9-12(10)15(16(20)21-2)19-14-6-4-3-5-13(14)18/h3-9,15,19H,1-2H3. The smallest absolute Gasteiger partial charge is 0.333 e. The number of anilines is 1. The van der Waals surface area contributed by atoms with E-state index in [1.54, 1.807) is 25.1 Å². The Bertz CT molecular complexity index is 658. The summed E-state index contributed by atoms with van der Waals surface area (Å²) in [4.78, 5) is 12.0. The minimum atomic E-state index is -0.984. The second-order valence-corrected chi connectivity index (χ2v) is 4.58. The SMILES string of the molecule is COC(=O)C(Nc1ccccc1F)c1cc(F)ccc1C. The van der Waals surface area contributed by atoms with Gasteiger partial charge in [-0.2, -0.15) is 0 Å². The molecule has 110 valence electrons. The Labute approximate surface area is 121 Å². The van der Waals surface area contributed by atoms with Crippen LogP contribution in [0.1, 0.15) is 17.2 Å². The molecule has 0 saturated heterocycles. The lowest BCUT2D eigenvalue weighted by atomic mass is 10.0. The molecule has 0 heterocycles. The van der Waals surface area contributed by atoms with Gasteiger partial charge in [-0.1, -0.05) is 18.2 Å². The first-order valence-corrected chi connectivity index (χ1v) is 6.38. The van der Waals surface area contributed by atoms with Gasteiger partial charge in [-0.05, 0) is 42.3 Å². The first-order chi connectivity index (χ1) is 10.0. The summed E-state index contributed by atoms with van der Waals surface area (Å²) in [6.07, 6.45) is 0. The molecule has 0 fully saturated rings. The Hall–Kier alpha value is -2.43. The van der Waals surface area contributed by atoms with Crippen LogP contribution in [0.2, 0.25) is 0 Å². The van der Waals surface area contributed by atoms with Gasteiger partial charge in [-0.3, -0.25) is 0 Å². The van der Waals surface area contributed by atoms with Crippen molar-refractivity contribution in [1.82, 2.24) is 0 Å². The van der Waals surface area contributed by atoms with Gasteiger partial charge < -0.3 is 10.1 Å². The number of carbonyl (C=O) groups excluding carboxylic acids is 1. The molecule has 0 radical (unpaired) electrons. The fourth-order valence-electron chi connectivity index (χ4n) is 2.04. The highest BCUT2D eigenvalue weighted by atomic mass is 19.1. The van der Waals surface area contributed by atoms with Gasteiger partial charge in [-0.25, -0.2) is 13.6 Å². The van der Waals surface area contributed by atoms with E-state index in [0.29, 0.717) is 11.1 Å². The van der Waals surface area contributed by atoms with Gasteiger partial charge in [0.15, 0.2) is 6.04 Å². The number of hydrogen-bond donors (Lipinski definition) is 1. The average molecular weight is 291 g/mol. The first kappa shape index (κ1) is 15.0. The van der Waals surface area contributed by atoms with Gasteiger partial charge in [0.2, 0.25) is 0 Å². The quantitative estimate of drug-likeness (QED) is 0.875. The van der Waals surface area contributed by atoms with Crippen molar-refractivity contribution in [3.05, 3.63) is 65.2 Å². The molecule has 0 spiro atoms. The lowest BCUT2D eigenvalue weighted by Crippen LogP contribution is -2.23. The van der Waals surface area contributed by atoms with Gasteiger partial charge >= 0.3 is 5.97 Å². The summed E-state index contributed by atoms with van der Waals surface area (Å²) in [5.41, 5.74) is 1.26. The van der Waals surface area contributed by atoms with E-state index in [2.05, 4.69) is 5.32 Å². The van der Waals surface area contributed by atoms with Crippen molar-refractivity contribution in [3.63, 3.8) is 0 Å². The summed E-state index contributed by atoms with van der Waals surface area (Å²) < 4.78 is 31.9. The van der Waals surface area contributed by atoms with Crippen LogP contribution in [0.15, 0.2) is 42.5 Å². The minimum absolute atomic E-state index is 0.150. The number of rotatable bonds is 4. The molecule has 0 amide bonds. The molecule has 21 heavy (non-hydrogen) atoms. The Morgan fingerprint density at radius 2 is 1.90 bits per heavy atom. The van der Waals surface area contributed by atoms with Crippen LogP contribution >= 0.6 is 0 Å². The van der Waals surface area contributed by atoms with Crippen LogP contribution in [0.3, 0.4) is 0 Å². The van der Waals surface area contributed by atoms with Crippen LogP contribution in [0.4, 0.5) is 14.5 Å². The monoisotopic (exact) mass is 291 g/mol. The van der Waals surface area contributed by atoms with Gasteiger partial charge in [0.1, 0.15) is 11.6 Å². The summed E-state index contributed by atoms with van der Waals surface area (Å²) in [5.74, 6) is -1.59. The predicted octanol–water partition coefficient (Wildman–Crippen LogP) is 3.60. The zero-order valence-electron chi connectivity index (χ0n) is 11.7. The number of halogens is 2. The van der Waals surface area contributed by atoms with Crippen LogP contribution < -0.4 is 5.32 Å². The van der Waals surface area contributed by atoms with Crippen LogP contribution in [0.5, 0.6) is 0 Å². The molecule has 0 aliphatic rings.